The van der Waals surface area contributed by atoms with Crippen LogP contribution in [0.15, 0.2) is 30.7 Å². The van der Waals surface area contributed by atoms with Crippen LogP contribution in [0.3, 0.4) is 0 Å². The average Bonchev–Trinajstić information content (AvgIpc) is 2.86. The first-order valence-electron chi connectivity index (χ1n) is 5.79. The zero-order chi connectivity index (χ0) is 12.5. The second-order valence-electron chi connectivity index (χ2n) is 4.28. The number of aromatic nitrogens is 3. The van der Waals surface area contributed by atoms with E-state index in [2.05, 4.69) is 19.4 Å². The van der Waals surface area contributed by atoms with E-state index in [1.54, 1.807) is 6.20 Å². The number of nitrogens with one attached hydrogen (secondary N) is 1. The van der Waals surface area contributed by atoms with Gasteiger partial charge in [0.05, 0.1) is 6.54 Å². The third-order valence-electron chi connectivity index (χ3n) is 3.13. The number of pyridine rings is 1. The van der Waals surface area contributed by atoms with Gasteiger partial charge in [-0.1, -0.05) is 0 Å². The van der Waals surface area contributed by atoms with Crippen molar-refractivity contribution in [2.45, 2.75) is 13.1 Å². The van der Waals surface area contributed by atoms with Crippen LogP contribution in [0.5, 0.6) is 0 Å². The fourth-order valence-corrected chi connectivity index (χ4v) is 2.10. The van der Waals surface area contributed by atoms with Gasteiger partial charge in [-0.05, 0) is 12.1 Å². The van der Waals surface area contributed by atoms with Gasteiger partial charge in [0.1, 0.15) is 17.5 Å². The molecular formula is C12H14N6. The van der Waals surface area contributed by atoms with E-state index in [4.69, 9.17) is 11.1 Å². The summed E-state index contributed by atoms with van der Waals surface area (Å²) in [5.74, 6) is 2.00. The molecule has 1 aliphatic rings. The monoisotopic (exact) mass is 242 g/mol. The van der Waals surface area contributed by atoms with Crippen molar-refractivity contribution in [3.8, 4) is 0 Å². The first-order chi connectivity index (χ1) is 8.74. The number of hydrogen-bond acceptors (Lipinski definition) is 4. The molecule has 2 aromatic rings. The molecule has 0 atom stereocenters. The molecule has 0 aliphatic carbocycles. The maximum absolute atomic E-state index is 7.34. The van der Waals surface area contributed by atoms with E-state index in [-0.39, 0.29) is 5.84 Å². The van der Waals surface area contributed by atoms with Gasteiger partial charge in [0.15, 0.2) is 0 Å². The minimum atomic E-state index is 0.0447. The standard InChI is InChI=1S/C12H14N6/c13-12(14)9-1-2-10(16-7-9)18-6-5-17-4-3-15-11(17)8-18/h1-4,7H,5-6,8H2,(H3,13,14). The highest BCUT2D eigenvalue weighted by Gasteiger charge is 2.17. The van der Waals surface area contributed by atoms with Crippen LogP contribution in [0.25, 0.3) is 0 Å². The van der Waals surface area contributed by atoms with Crippen LogP contribution >= 0.6 is 0 Å². The lowest BCUT2D eigenvalue weighted by atomic mass is 10.2. The summed E-state index contributed by atoms with van der Waals surface area (Å²) >= 11 is 0. The SMILES string of the molecule is N=C(N)c1ccc(N2CCn3ccnc3C2)nc1. The molecule has 0 amide bonds. The Morgan fingerprint density at radius 1 is 1.28 bits per heavy atom. The molecule has 3 N–H and O–H groups in total. The number of nitrogens with zero attached hydrogens (tertiary/aromatic N) is 4. The summed E-state index contributed by atoms with van der Waals surface area (Å²) in [7, 11) is 0. The van der Waals surface area contributed by atoms with Crippen molar-refractivity contribution in [1.82, 2.24) is 14.5 Å². The molecule has 0 spiro atoms. The summed E-state index contributed by atoms with van der Waals surface area (Å²) in [6.45, 7) is 2.60. The Morgan fingerprint density at radius 2 is 2.17 bits per heavy atom. The molecule has 0 radical (unpaired) electrons. The van der Waals surface area contributed by atoms with Crippen molar-refractivity contribution in [3.05, 3.63) is 42.1 Å². The number of nitrogen functional groups attached to an aromatic ring is 1. The Kier molecular flexibility index (Phi) is 2.47. The molecule has 18 heavy (non-hydrogen) atoms. The number of rotatable bonds is 2. The summed E-state index contributed by atoms with van der Waals surface area (Å²) in [4.78, 5) is 10.8. The number of amidine groups is 1. The van der Waals surface area contributed by atoms with Gasteiger partial charge in [-0.2, -0.15) is 0 Å². The number of nitrogens with two attached hydrogens (primary N) is 1. The first kappa shape index (κ1) is 10.8. The molecular weight excluding hydrogens is 228 g/mol. The molecule has 0 saturated carbocycles. The number of anilines is 1. The molecule has 3 heterocycles. The van der Waals surface area contributed by atoms with Crippen molar-refractivity contribution in [1.29, 1.82) is 5.41 Å². The molecule has 1 aliphatic heterocycles. The molecule has 0 saturated heterocycles. The average molecular weight is 242 g/mol. The lowest BCUT2D eigenvalue weighted by molar-refractivity contribution is 0.556. The van der Waals surface area contributed by atoms with Crippen molar-refractivity contribution in [2.24, 2.45) is 5.73 Å². The summed E-state index contributed by atoms with van der Waals surface area (Å²) in [5, 5.41) is 7.34. The fraction of sp³-hybridized carbons (Fsp3) is 0.250. The van der Waals surface area contributed by atoms with Crippen molar-refractivity contribution < 1.29 is 0 Å². The maximum Gasteiger partial charge on any atom is 0.128 e. The summed E-state index contributed by atoms with van der Waals surface area (Å²) in [5.41, 5.74) is 6.06. The lowest BCUT2D eigenvalue weighted by Crippen LogP contribution is -2.34. The normalized spacial score (nSPS) is 14.3. The van der Waals surface area contributed by atoms with Crippen LogP contribution in [0, 0.1) is 5.41 Å². The molecule has 0 bridgehead atoms. The second kappa shape index (κ2) is 4.14. The van der Waals surface area contributed by atoms with Crippen molar-refractivity contribution in [3.63, 3.8) is 0 Å². The molecule has 0 fully saturated rings. The van der Waals surface area contributed by atoms with E-state index in [0.717, 1.165) is 31.3 Å². The van der Waals surface area contributed by atoms with E-state index < -0.39 is 0 Å². The van der Waals surface area contributed by atoms with Gasteiger partial charge < -0.3 is 15.2 Å². The van der Waals surface area contributed by atoms with E-state index >= 15 is 0 Å². The minimum Gasteiger partial charge on any atom is -0.384 e. The smallest absolute Gasteiger partial charge is 0.128 e. The third kappa shape index (κ3) is 1.81. The third-order valence-corrected chi connectivity index (χ3v) is 3.13. The van der Waals surface area contributed by atoms with E-state index in [9.17, 15) is 0 Å². The summed E-state index contributed by atoms with van der Waals surface area (Å²) in [6.07, 6.45) is 5.46. The first-order valence-corrected chi connectivity index (χ1v) is 5.79. The molecule has 6 heteroatoms. The quantitative estimate of drug-likeness (QED) is 0.596. The highest BCUT2D eigenvalue weighted by molar-refractivity contribution is 5.94. The molecule has 0 unspecified atom stereocenters. The fourth-order valence-electron chi connectivity index (χ4n) is 2.10. The van der Waals surface area contributed by atoms with Gasteiger partial charge >= 0.3 is 0 Å². The summed E-state index contributed by atoms with van der Waals surface area (Å²) < 4.78 is 2.15. The molecule has 3 rings (SSSR count). The zero-order valence-corrected chi connectivity index (χ0v) is 9.87. The highest BCUT2D eigenvalue weighted by atomic mass is 15.3. The van der Waals surface area contributed by atoms with Crippen LogP contribution in [-0.2, 0) is 13.1 Å². The predicted octanol–water partition coefficient (Wildman–Crippen LogP) is 0.582. The number of fused-ring (bicyclic) bond motifs is 1. The van der Waals surface area contributed by atoms with Crippen molar-refractivity contribution >= 4 is 11.7 Å². The van der Waals surface area contributed by atoms with Crippen LogP contribution < -0.4 is 10.6 Å². The Hall–Kier alpha value is -2.37. The maximum atomic E-state index is 7.34. The largest absolute Gasteiger partial charge is 0.384 e. The molecule has 2 aromatic heterocycles. The van der Waals surface area contributed by atoms with Crippen LogP contribution in [0.4, 0.5) is 5.82 Å². The van der Waals surface area contributed by atoms with Crippen LogP contribution in [0.2, 0.25) is 0 Å². The van der Waals surface area contributed by atoms with Gasteiger partial charge in [0.2, 0.25) is 0 Å². The topological polar surface area (TPSA) is 83.8 Å². The lowest BCUT2D eigenvalue weighted by Gasteiger charge is -2.28. The number of hydrogen-bond donors (Lipinski definition) is 2. The Bertz CT molecular complexity index is 571. The predicted molar refractivity (Wildman–Crippen MR) is 68.5 cm³/mol. The van der Waals surface area contributed by atoms with Crippen LogP contribution in [0.1, 0.15) is 11.4 Å². The highest BCUT2D eigenvalue weighted by Crippen LogP contribution is 2.17. The van der Waals surface area contributed by atoms with Crippen molar-refractivity contribution in [2.75, 3.05) is 11.4 Å². The zero-order valence-electron chi connectivity index (χ0n) is 9.87. The van der Waals surface area contributed by atoms with Gasteiger partial charge in [-0.25, -0.2) is 9.97 Å². The molecule has 6 nitrogen and oxygen atoms in total. The van der Waals surface area contributed by atoms with E-state index in [0.29, 0.717) is 5.56 Å². The molecule has 92 valence electrons. The Labute approximate surface area is 105 Å². The summed E-state index contributed by atoms with van der Waals surface area (Å²) in [6, 6.07) is 3.72. The second-order valence-corrected chi connectivity index (χ2v) is 4.28. The van der Waals surface area contributed by atoms with Gasteiger partial charge in [-0.3, -0.25) is 5.41 Å². The van der Waals surface area contributed by atoms with Gasteiger partial charge in [0, 0.05) is 37.2 Å². The van der Waals surface area contributed by atoms with Gasteiger partial charge in [-0.15, -0.1) is 0 Å². The Morgan fingerprint density at radius 3 is 2.89 bits per heavy atom. The molecule has 0 aromatic carbocycles. The van der Waals surface area contributed by atoms with Gasteiger partial charge in [0.25, 0.3) is 0 Å². The van der Waals surface area contributed by atoms with Crippen LogP contribution in [-0.4, -0.2) is 26.9 Å². The van der Waals surface area contributed by atoms with E-state index in [1.807, 2.05) is 24.5 Å². The minimum absolute atomic E-state index is 0.0447. The Balaban J connectivity index is 1.82. The number of imidazole rings is 1. The van der Waals surface area contributed by atoms with E-state index in [1.165, 1.54) is 0 Å².